The molecule has 0 aliphatic carbocycles. The highest BCUT2D eigenvalue weighted by Gasteiger charge is 2.10. The van der Waals surface area contributed by atoms with Crippen LogP contribution in [0.2, 0.25) is 0 Å². The Bertz CT molecular complexity index is 333. The van der Waals surface area contributed by atoms with E-state index in [1.54, 1.807) is 12.1 Å². The summed E-state index contributed by atoms with van der Waals surface area (Å²) in [6.45, 7) is 0. The predicted octanol–water partition coefficient (Wildman–Crippen LogP) is 3.43. The van der Waals surface area contributed by atoms with Crippen molar-refractivity contribution in [1.82, 2.24) is 0 Å². The topological polar surface area (TPSA) is 23.8 Å². The standard InChI is InChI=1S/C9H6ClF2N/c10-8(5-13)6-2-1-3-7(4-6)9(11)12/h1-4,8-9H. The average Bonchev–Trinajstić information content (AvgIpc) is 2.17. The Balaban J connectivity index is 3.00. The zero-order valence-electron chi connectivity index (χ0n) is 6.55. The van der Waals surface area contributed by atoms with Crippen LogP contribution >= 0.6 is 11.6 Å². The molecule has 0 N–H and O–H groups in total. The highest BCUT2D eigenvalue weighted by Crippen LogP contribution is 2.25. The van der Waals surface area contributed by atoms with E-state index in [0.717, 1.165) is 0 Å². The minimum atomic E-state index is -2.53. The molecule has 68 valence electrons. The number of rotatable bonds is 2. The average molecular weight is 202 g/mol. The summed E-state index contributed by atoms with van der Waals surface area (Å²) in [5.74, 6) is 0. The summed E-state index contributed by atoms with van der Waals surface area (Å²) in [6.07, 6.45) is -2.53. The van der Waals surface area contributed by atoms with Crippen molar-refractivity contribution >= 4 is 11.6 Å². The van der Waals surface area contributed by atoms with Crippen molar-refractivity contribution in [1.29, 1.82) is 5.26 Å². The van der Waals surface area contributed by atoms with Gasteiger partial charge in [-0.05, 0) is 11.6 Å². The van der Waals surface area contributed by atoms with E-state index >= 15 is 0 Å². The third-order valence-electron chi connectivity index (χ3n) is 1.57. The zero-order valence-corrected chi connectivity index (χ0v) is 7.30. The molecule has 13 heavy (non-hydrogen) atoms. The van der Waals surface area contributed by atoms with Crippen molar-refractivity contribution in [2.75, 3.05) is 0 Å². The van der Waals surface area contributed by atoms with E-state index in [1.807, 2.05) is 0 Å². The highest BCUT2D eigenvalue weighted by molar-refractivity contribution is 6.22. The van der Waals surface area contributed by atoms with Crippen LogP contribution in [-0.4, -0.2) is 0 Å². The SMILES string of the molecule is N#CC(Cl)c1cccc(C(F)F)c1. The van der Waals surface area contributed by atoms with E-state index in [-0.39, 0.29) is 5.56 Å². The third kappa shape index (κ3) is 2.40. The fourth-order valence-corrected chi connectivity index (χ4v) is 1.06. The molecule has 0 saturated heterocycles. The largest absolute Gasteiger partial charge is 0.263 e. The normalized spacial score (nSPS) is 12.5. The van der Waals surface area contributed by atoms with Crippen LogP contribution in [0, 0.1) is 11.3 Å². The maximum absolute atomic E-state index is 12.2. The molecule has 0 saturated carbocycles. The van der Waals surface area contributed by atoms with Gasteiger partial charge in [0.05, 0.1) is 6.07 Å². The van der Waals surface area contributed by atoms with Crippen LogP contribution in [-0.2, 0) is 0 Å². The lowest BCUT2D eigenvalue weighted by atomic mass is 10.1. The minimum absolute atomic E-state index is 0.113. The molecular formula is C9H6ClF2N. The Hall–Kier alpha value is -1.14. The van der Waals surface area contributed by atoms with E-state index in [1.165, 1.54) is 18.2 Å². The molecule has 0 fully saturated rings. The molecule has 0 amide bonds. The number of nitriles is 1. The van der Waals surface area contributed by atoms with Crippen LogP contribution < -0.4 is 0 Å². The summed E-state index contributed by atoms with van der Waals surface area (Å²) in [4.78, 5) is 0. The predicted molar refractivity (Wildman–Crippen MR) is 45.6 cm³/mol. The van der Waals surface area contributed by atoms with Gasteiger partial charge in [-0.15, -0.1) is 11.6 Å². The Morgan fingerprint density at radius 2 is 1.92 bits per heavy atom. The number of halogens is 3. The number of nitrogens with zero attached hydrogens (tertiary/aromatic N) is 1. The van der Waals surface area contributed by atoms with Crippen molar-refractivity contribution in [3.63, 3.8) is 0 Å². The Labute approximate surface area is 79.6 Å². The first kappa shape index (κ1) is 9.94. The Morgan fingerprint density at radius 3 is 2.46 bits per heavy atom. The maximum Gasteiger partial charge on any atom is 0.263 e. The van der Waals surface area contributed by atoms with Gasteiger partial charge in [0.15, 0.2) is 0 Å². The molecule has 1 aromatic carbocycles. The molecule has 0 aromatic heterocycles. The lowest BCUT2D eigenvalue weighted by Crippen LogP contribution is -1.90. The fraction of sp³-hybridized carbons (Fsp3) is 0.222. The quantitative estimate of drug-likeness (QED) is 0.673. The molecule has 0 aliphatic rings. The van der Waals surface area contributed by atoms with E-state index in [4.69, 9.17) is 16.9 Å². The van der Waals surface area contributed by atoms with E-state index < -0.39 is 11.8 Å². The van der Waals surface area contributed by atoms with Crippen molar-refractivity contribution < 1.29 is 8.78 Å². The van der Waals surface area contributed by atoms with Crippen LogP contribution in [0.1, 0.15) is 22.9 Å². The summed E-state index contributed by atoms with van der Waals surface area (Å²) in [5, 5.41) is 7.59. The molecule has 1 rings (SSSR count). The van der Waals surface area contributed by atoms with Gasteiger partial charge in [0.25, 0.3) is 6.43 Å². The monoisotopic (exact) mass is 201 g/mol. The first-order chi connectivity index (χ1) is 6.15. The van der Waals surface area contributed by atoms with Crippen LogP contribution in [0.4, 0.5) is 8.78 Å². The smallest absolute Gasteiger partial charge is 0.205 e. The van der Waals surface area contributed by atoms with Gasteiger partial charge in [-0.3, -0.25) is 0 Å². The number of hydrogen-bond acceptors (Lipinski definition) is 1. The van der Waals surface area contributed by atoms with Gasteiger partial charge in [-0.2, -0.15) is 5.26 Å². The second kappa shape index (κ2) is 4.20. The van der Waals surface area contributed by atoms with Crippen LogP contribution in [0.5, 0.6) is 0 Å². The van der Waals surface area contributed by atoms with Crippen LogP contribution in [0.15, 0.2) is 24.3 Å². The van der Waals surface area contributed by atoms with Crippen molar-refractivity contribution in [3.05, 3.63) is 35.4 Å². The molecule has 4 heteroatoms. The maximum atomic E-state index is 12.2. The number of alkyl halides is 3. The summed E-state index contributed by atoms with van der Waals surface area (Å²) < 4.78 is 24.4. The zero-order chi connectivity index (χ0) is 9.84. The second-order valence-corrected chi connectivity index (χ2v) is 2.90. The van der Waals surface area contributed by atoms with Crippen LogP contribution in [0.3, 0.4) is 0 Å². The van der Waals surface area contributed by atoms with Gasteiger partial charge in [-0.1, -0.05) is 18.2 Å². The molecule has 1 atom stereocenters. The molecule has 0 radical (unpaired) electrons. The highest BCUT2D eigenvalue weighted by atomic mass is 35.5. The summed E-state index contributed by atoms with van der Waals surface area (Å²) in [7, 11) is 0. The van der Waals surface area contributed by atoms with Gasteiger partial charge in [-0.25, -0.2) is 8.78 Å². The molecule has 1 unspecified atom stereocenters. The molecule has 1 nitrogen and oxygen atoms in total. The van der Waals surface area contributed by atoms with Crippen molar-refractivity contribution in [2.24, 2.45) is 0 Å². The molecule has 0 heterocycles. The van der Waals surface area contributed by atoms with E-state index in [2.05, 4.69) is 0 Å². The van der Waals surface area contributed by atoms with Crippen molar-refractivity contribution in [3.8, 4) is 6.07 Å². The molecule has 0 bridgehead atoms. The van der Waals surface area contributed by atoms with Crippen LogP contribution in [0.25, 0.3) is 0 Å². The lowest BCUT2D eigenvalue weighted by molar-refractivity contribution is 0.151. The fourth-order valence-electron chi connectivity index (χ4n) is 0.927. The van der Waals surface area contributed by atoms with Gasteiger partial charge in [0.1, 0.15) is 5.38 Å². The lowest BCUT2D eigenvalue weighted by Gasteiger charge is -2.03. The van der Waals surface area contributed by atoms with E-state index in [0.29, 0.717) is 5.56 Å². The number of benzene rings is 1. The molecule has 0 aliphatic heterocycles. The Morgan fingerprint density at radius 1 is 1.31 bits per heavy atom. The van der Waals surface area contributed by atoms with Gasteiger partial charge in [0, 0.05) is 5.56 Å². The molecule has 1 aromatic rings. The van der Waals surface area contributed by atoms with Gasteiger partial charge >= 0.3 is 0 Å². The third-order valence-corrected chi connectivity index (χ3v) is 1.92. The summed E-state index contributed by atoms with van der Waals surface area (Å²) in [5.41, 5.74) is 0.292. The van der Waals surface area contributed by atoms with Crippen molar-refractivity contribution in [2.45, 2.75) is 11.8 Å². The summed E-state index contributed by atoms with van der Waals surface area (Å²) in [6, 6.07) is 7.32. The van der Waals surface area contributed by atoms with E-state index in [9.17, 15) is 8.78 Å². The van der Waals surface area contributed by atoms with Gasteiger partial charge < -0.3 is 0 Å². The first-order valence-electron chi connectivity index (χ1n) is 3.57. The Kier molecular flexibility index (Phi) is 3.21. The number of hydrogen-bond donors (Lipinski definition) is 0. The molecule has 0 spiro atoms. The summed E-state index contributed by atoms with van der Waals surface area (Å²) >= 11 is 5.56. The first-order valence-corrected chi connectivity index (χ1v) is 4.00. The second-order valence-electron chi connectivity index (χ2n) is 2.46. The molecular weight excluding hydrogens is 196 g/mol. The minimum Gasteiger partial charge on any atom is -0.205 e. The van der Waals surface area contributed by atoms with Gasteiger partial charge in [0.2, 0.25) is 0 Å².